The zero-order chi connectivity index (χ0) is 20.6. The molecule has 8 nitrogen and oxygen atoms in total. The van der Waals surface area contributed by atoms with Gasteiger partial charge in [-0.3, -0.25) is 9.59 Å². The molecule has 0 bridgehead atoms. The van der Waals surface area contributed by atoms with E-state index in [1.807, 2.05) is 24.3 Å². The minimum Gasteiger partial charge on any atom is -0.497 e. The first kappa shape index (κ1) is 20.5. The van der Waals surface area contributed by atoms with Gasteiger partial charge in [0.15, 0.2) is 24.6 Å². The number of anilines is 1. The van der Waals surface area contributed by atoms with E-state index in [9.17, 15) is 9.59 Å². The predicted octanol–water partition coefficient (Wildman–Crippen LogP) is 0.105. The van der Waals surface area contributed by atoms with Crippen LogP contribution in [0.3, 0.4) is 0 Å². The van der Waals surface area contributed by atoms with Crippen molar-refractivity contribution in [2.24, 2.45) is 0 Å². The maximum atomic E-state index is 12.2. The highest BCUT2D eigenvalue weighted by atomic mass is 16.6. The lowest BCUT2D eigenvalue weighted by atomic mass is 10.2. The van der Waals surface area contributed by atoms with Crippen LogP contribution in [0.1, 0.15) is 0 Å². The van der Waals surface area contributed by atoms with Crippen molar-refractivity contribution in [2.45, 2.75) is 6.10 Å². The van der Waals surface area contributed by atoms with Crippen LogP contribution in [0.2, 0.25) is 0 Å². The third-order valence-corrected chi connectivity index (χ3v) is 4.37. The summed E-state index contributed by atoms with van der Waals surface area (Å²) in [6.45, 7) is 1.07. The molecule has 1 heterocycles. The normalized spacial score (nSPS) is 15.9. The highest BCUT2D eigenvalue weighted by Gasteiger charge is 2.22. The van der Waals surface area contributed by atoms with Crippen molar-refractivity contribution in [3.05, 3.63) is 48.5 Å². The number of quaternary nitrogens is 1. The number of carbonyl (C=O) groups excluding carboxylic acids is 2. The molecule has 1 aliphatic heterocycles. The maximum Gasteiger partial charge on any atom is 0.279 e. The van der Waals surface area contributed by atoms with Crippen molar-refractivity contribution in [3.8, 4) is 17.2 Å². The summed E-state index contributed by atoms with van der Waals surface area (Å²) in [7, 11) is 3.36. The van der Waals surface area contributed by atoms with Gasteiger partial charge in [0.05, 0.1) is 20.7 Å². The standard InChI is InChI=1S/C21H25N3O5/c1-24(13-21(26)23-15-6-5-7-16(10-15)27-2)12-20(25)22-11-17-14-28-18-8-3-4-9-19(18)29-17/h3-10,17H,11-14H2,1-2H3,(H,22,25)(H,23,26)/p+1/t17-/m1/s1. The van der Waals surface area contributed by atoms with E-state index in [2.05, 4.69) is 10.6 Å². The molecule has 0 aromatic heterocycles. The Labute approximate surface area is 169 Å². The van der Waals surface area contributed by atoms with E-state index in [1.165, 1.54) is 0 Å². The van der Waals surface area contributed by atoms with Crippen molar-refractivity contribution in [1.29, 1.82) is 0 Å². The molecule has 154 valence electrons. The Morgan fingerprint density at radius 1 is 1.10 bits per heavy atom. The van der Waals surface area contributed by atoms with E-state index in [0.29, 0.717) is 36.1 Å². The summed E-state index contributed by atoms with van der Waals surface area (Å²) in [5, 5.41) is 5.64. The molecule has 0 saturated heterocycles. The first-order valence-electron chi connectivity index (χ1n) is 9.44. The Morgan fingerprint density at radius 2 is 1.86 bits per heavy atom. The molecule has 8 heteroatoms. The number of fused-ring (bicyclic) bond motifs is 1. The summed E-state index contributed by atoms with van der Waals surface area (Å²) in [4.78, 5) is 25.1. The first-order chi connectivity index (χ1) is 14.0. The second-order valence-corrected chi connectivity index (χ2v) is 6.89. The van der Waals surface area contributed by atoms with Crippen LogP contribution in [0.25, 0.3) is 0 Å². The molecule has 0 spiro atoms. The largest absolute Gasteiger partial charge is 0.497 e. The van der Waals surface area contributed by atoms with Gasteiger partial charge in [0.1, 0.15) is 18.5 Å². The second kappa shape index (κ2) is 9.79. The molecular formula is C21H26N3O5+. The predicted molar refractivity (Wildman–Crippen MR) is 108 cm³/mol. The van der Waals surface area contributed by atoms with E-state index >= 15 is 0 Å². The van der Waals surface area contributed by atoms with Gasteiger partial charge in [0.2, 0.25) is 0 Å². The third kappa shape index (κ3) is 6.11. The number of rotatable bonds is 8. The molecule has 0 aliphatic carbocycles. The minimum atomic E-state index is -0.245. The number of nitrogens with one attached hydrogen (secondary N) is 3. The zero-order valence-corrected chi connectivity index (χ0v) is 16.6. The molecule has 0 saturated carbocycles. The minimum absolute atomic E-state index is 0.154. The molecule has 0 radical (unpaired) electrons. The molecule has 29 heavy (non-hydrogen) atoms. The van der Waals surface area contributed by atoms with Gasteiger partial charge >= 0.3 is 0 Å². The van der Waals surface area contributed by atoms with Gasteiger partial charge in [0.25, 0.3) is 11.8 Å². The lowest BCUT2D eigenvalue weighted by molar-refractivity contribution is -0.862. The lowest BCUT2D eigenvalue weighted by Crippen LogP contribution is -3.11. The molecular weight excluding hydrogens is 374 g/mol. The maximum absolute atomic E-state index is 12.2. The number of carbonyl (C=O) groups is 2. The summed E-state index contributed by atoms with van der Waals surface area (Å²) in [5.41, 5.74) is 0.654. The van der Waals surface area contributed by atoms with Gasteiger partial charge in [-0.15, -0.1) is 0 Å². The van der Waals surface area contributed by atoms with E-state index in [-0.39, 0.29) is 31.0 Å². The summed E-state index contributed by atoms with van der Waals surface area (Å²) in [6.07, 6.45) is -0.245. The van der Waals surface area contributed by atoms with E-state index < -0.39 is 0 Å². The van der Waals surface area contributed by atoms with Gasteiger partial charge in [-0.1, -0.05) is 18.2 Å². The molecule has 3 N–H and O–H groups in total. The number of methoxy groups -OCH3 is 1. The molecule has 0 fully saturated rings. The lowest BCUT2D eigenvalue weighted by Gasteiger charge is -2.26. The monoisotopic (exact) mass is 400 g/mol. The second-order valence-electron chi connectivity index (χ2n) is 6.89. The smallest absolute Gasteiger partial charge is 0.279 e. The quantitative estimate of drug-likeness (QED) is 0.585. The molecule has 3 rings (SSSR count). The van der Waals surface area contributed by atoms with Crippen molar-refractivity contribution >= 4 is 17.5 Å². The van der Waals surface area contributed by atoms with Crippen LogP contribution in [0.4, 0.5) is 5.69 Å². The van der Waals surface area contributed by atoms with Crippen LogP contribution in [-0.2, 0) is 9.59 Å². The van der Waals surface area contributed by atoms with Gasteiger partial charge in [-0.05, 0) is 24.3 Å². The number of ether oxygens (including phenoxy) is 3. The average molecular weight is 400 g/mol. The Hall–Kier alpha value is -3.26. The van der Waals surface area contributed by atoms with E-state index in [4.69, 9.17) is 14.2 Å². The van der Waals surface area contributed by atoms with Gasteiger partial charge in [-0.25, -0.2) is 0 Å². The number of benzene rings is 2. The van der Waals surface area contributed by atoms with Crippen molar-refractivity contribution in [2.75, 3.05) is 45.7 Å². The van der Waals surface area contributed by atoms with Crippen LogP contribution in [0, 0.1) is 0 Å². The van der Waals surface area contributed by atoms with Crippen molar-refractivity contribution in [3.63, 3.8) is 0 Å². The van der Waals surface area contributed by atoms with Crippen molar-refractivity contribution < 1.29 is 28.7 Å². The fourth-order valence-electron chi connectivity index (χ4n) is 2.97. The fourth-order valence-corrected chi connectivity index (χ4v) is 2.97. The highest BCUT2D eigenvalue weighted by molar-refractivity contribution is 5.91. The number of likely N-dealkylation sites (N-methyl/N-ethyl adjacent to an activating group) is 1. The summed E-state index contributed by atoms with van der Waals surface area (Å²) in [6, 6.07) is 14.6. The molecule has 2 aromatic carbocycles. The number of amides is 2. The summed E-state index contributed by atoms with van der Waals surface area (Å²) < 4.78 is 16.6. The zero-order valence-electron chi connectivity index (χ0n) is 16.6. The highest BCUT2D eigenvalue weighted by Crippen LogP contribution is 2.30. The topological polar surface area (TPSA) is 90.3 Å². The van der Waals surface area contributed by atoms with Gasteiger partial charge < -0.3 is 29.7 Å². The Morgan fingerprint density at radius 3 is 2.66 bits per heavy atom. The summed E-state index contributed by atoms with van der Waals surface area (Å²) in [5.74, 6) is 1.72. The van der Waals surface area contributed by atoms with Crippen LogP contribution in [-0.4, -0.2) is 58.3 Å². The van der Waals surface area contributed by atoms with Crippen LogP contribution >= 0.6 is 0 Å². The third-order valence-electron chi connectivity index (χ3n) is 4.37. The van der Waals surface area contributed by atoms with Crippen molar-refractivity contribution in [1.82, 2.24) is 5.32 Å². The fraction of sp³-hybridized carbons (Fsp3) is 0.333. The van der Waals surface area contributed by atoms with E-state index in [0.717, 1.165) is 4.90 Å². The Balaban J connectivity index is 1.38. The van der Waals surface area contributed by atoms with Gasteiger partial charge in [0, 0.05) is 11.8 Å². The van der Waals surface area contributed by atoms with Crippen LogP contribution < -0.4 is 29.7 Å². The van der Waals surface area contributed by atoms with Crippen LogP contribution in [0.15, 0.2) is 48.5 Å². The van der Waals surface area contributed by atoms with Crippen LogP contribution in [0.5, 0.6) is 17.2 Å². The molecule has 2 amide bonds. The number of hydrogen-bond donors (Lipinski definition) is 3. The molecule has 1 aliphatic rings. The number of para-hydroxylation sites is 2. The summed E-state index contributed by atoms with van der Waals surface area (Å²) >= 11 is 0. The first-order valence-corrected chi connectivity index (χ1v) is 9.44. The molecule has 2 atom stereocenters. The SMILES string of the molecule is COc1cccc(NC(=O)C[NH+](C)CC(=O)NC[C@@H]2COc3ccccc3O2)c1. The average Bonchev–Trinajstić information content (AvgIpc) is 2.72. The Kier molecular flexibility index (Phi) is 6.91. The van der Waals surface area contributed by atoms with E-state index in [1.54, 1.807) is 38.4 Å². The van der Waals surface area contributed by atoms with Gasteiger partial charge in [-0.2, -0.15) is 0 Å². The Bertz CT molecular complexity index is 858. The molecule has 2 aromatic rings. The number of hydrogen-bond acceptors (Lipinski definition) is 5. The molecule has 1 unspecified atom stereocenters.